The number of rotatable bonds is 2. The smallest absolute Gasteiger partial charge is 0.301 e. The van der Waals surface area contributed by atoms with Gasteiger partial charge in [-0.1, -0.05) is 12.1 Å². The zero-order chi connectivity index (χ0) is 10.7. The number of ether oxygens (including phenoxy) is 1. The highest BCUT2D eigenvalue weighted by molar-refractivity contribution is 5.58. The Balaban J connectivity index is 2.41. The maximum absolute atomic E-state index is 8.57. The molecule has 0 aliphatic rings. The van der Waals surface area contributed by atoms with E-state index in [0.717, 1.165) is 11.3 Å². The number of nitriles is 1. The summed E-state index contributed by atoms with van der Waals surface area (Å²) in [6, 6.07) is 9.21. The van der Waals surface area contributed by atoms with Gasteiger partial charge in [0.2, 0.25) is 0 Å². The molecule has 15 heavy (non-hydrogen) atoms. The summed E-state index contributed by atoms with van der Waals surface area (Å²) in [5.74, 6) is 1.36. The fourth-order valence-electron chi connectivity index (χ4n) is 1.24. The number of nitrogens with zero attached hydrogens (tertiary/aromatic N) is 2. The standard InChI is InChI=1S/C11H8N2O2/c1-14-9-4-2-3-8(5-9)10-7-13-11(6-12)15-10/h2-5,7H,1H3. The van der Waals surface area contributed by atoms with Gasteiger partial charge in [-0.2, -0.15) is 5.26 Å². The van der Waals surface area contributed by atoms with Crippen LogP contribution in [0.1, 0.15) is 5.89 Å². The molecule has 0 aliphatic carbocycles. The van der Waals surface area contributed by atoms with Crippen LogP contribution in [0, 0.1) is 11.3 Å². The average Bonchev–Trinajstić information content (AvgIpc) is 2.78. The average molecular weight is 200 g/mol. The van der Waals surface area contributed by atoms with E-state index in [4.69, 9.17) is 14.4 Å². The van der Waals surface area contributed by atoms with Crippen LogP contribution in [0.15, 0.2) is 34.9 Å². The van der Waals surface area contributed by atoms with Crippen molar-refractivity contribution in [3.8, 4) is 23.1 Å². The number of benzene rings is 1. The van der Waals surface area contributed by atoms with Crippen molar-refractivity contribution in [2.24, 2.45) is 0 Å². The maximum atomic E-state index is 8.57. The second-order valence-electron chi connectivity index (χ2n) is 2.87. The van der Waals surface area contributed by atoms with E-state index in [1.54, 1.807) is 7.11 Å². The van der Waals surface area contributed by atoms with Gasteiger partial charge in [0.25, 0.3) is 0 Å². The Morgan fingerprint density at radius 3 is 3.00 bits per heavy atom. The highest BCUT2D eigenvalue weighted by Crippen LogP contribution is 2.23. The molecule has 4 nitrogen and oxygen atoms in total. The molecule has 2 rings (SSSR count). The predicted octanol–water partition coefficient (Wildman–Crippen LogP) is 2.22. The van der Waals surface area contributed by atoms with Crippen LogP contribution < -0.4 is 4.74 Å². The normalized spacial score (nSPS) is 9.60. The molecule has 0 radical (unpaired) electrons. The second kappa shape index (κ2) is 3.84. The molecule has 0 unspecified atom stereocenters. The van der Waals surface area contributed by atoms with Crippen molar-refractivity contribution in [2.45, 2.75) is 0 Å². The molecule has 0 N–H and O–H groups in total. The Labute approximate surface area is 86.7 Å². The summed E-state index contributed by atoms with van der Waals surface area (Å²) in [6.45, 7) is 0. The summed E-state index contributed by atoms with van der Waals surface area (Å²) >= 11 is 0. The summed E-state index contributed by atoms with van der Waals surface area (Å²) in [5.41, 5.74) is 0.836. The fraction of sp³-hybridized carbons (Fsp3) is 0.0909. The molecule has 74 valence electrons. The van der Waals surface area contributed by atoms with E-state index < -0.39 is 0 Å². The molecule has 0 saturated carbocycles. The Morgan fingerprint density at radius 2 is 2.33 bits per heavy atom. The summed E-state index contributed by atoms with van der Waals surface area (Å²) in [5, 5.41) is 8.57. The number of hydrogen-bond donors (Lipinski definition) is 0. The van der Waals surface area contributed by atoms with Crippen molar-refractivity contribution in [3.63, 3.8) is 0 Å². The molecular weight excluding hydrogens is 192 g/mol. The quantitative estimate of drug-likeness (QED) is 0.745. The Morgan fingerprint density at radius 1 is 1.47 bits per heavy atom. The largest absolute Gasteiger partial charge is 0.497 e. The van der Waals surface area contributed by atoms with Crippen LogP contribution in [0.4, 0.5) is 0 Å². The van der Waals surface area contributed by atoms with Crippen molar-refractivity contribution < 1.29 is 9.15 Å². The summed E-state index contributed by atoms with van der Waals surface area (Å²) in [7, 11) is 1.60. The van der Waals surface area contributed by atoms with Crippen LogP contribution in [0.25, 0.3) is 11.3 Å². The minimum absolute atomic E-state index is 0.0628. The van der Waals surface area contributed by atoms with E-state index in [-0.39, 0.29) is 5.89 Å². The predicted molar refractivity (Wildman–Crippen MR) is 53.2 cm³/mol. The monoisotopic (exact) mass is 200 g/mol. The first-order valence-corrected chi connectivity index (χ1v) is 4.34. The SMILES string of the molecule is COc1cccc(-c2cnc(C#N)o2)c1. The van der Waals surface area contributed by atoms with E-state index in [1.807, 2.05) is 30.3 Å². The lowest BCUT2D eigenvalue weighted by Gasteiger charge is -2.00. The molecule has 4 heteroatoms. The molecule has 0 saturated heterocycles. The van der Waals surface area contributed by atoms with Gasteiger partial charge in [0.1, 0.15) is 5.75 Å². The van der Waals surface area contributed by atoms with E-state index in [9.17, 15) is 0 Å². The van der Waals surface area contributed by atoms with E-state index in [0.29, 0.717) is 5.76 Å². The van der Waals surface area contributed by atoms with Gasteiger partial charge in [0.15, 0.2) is 11.8 Å². The van der Waals surface area contributed by atoms with Crippen LogP contribution in [-0.4, -0.2) is 12.1 Å². The van der Waals surface area contributed by atoms with Gasteiger partial charge in [-0.15, -0.1) is 0 Å². The molecule has 0 fully saturated rings. The van der Waals surface area contributed by atoms with Gasteiger partial charge >= 0.3 is 5.89 Å². The molecular formula is C11H8N2O2. The Hall–Kier alpha value is -2.28. The van der Waals surface area contributed by atoms with Crippen LogP contribution in [-0.2, 0) is 0 Å². The maximum Gasteiger partial charge on any atom is 0.301 e. The minimum atomic E-state index is 0.0628. The first kappa shape index (κ1) is 9.28. The summed E-state index contributed by atoms with van der Waals surface area (Å²) in [6.07, 6.45) is 1.52. The van der Waals surface area contributed by atoms with Gasteiger partial charge in [0, 0.05) is 5.56 Å². The fourth-order valence-corrected chi connectivity index (χ4v) is 1.24. The molecule has 1 heterocycles. The second-order valence-corrected chi connectivity index (χ2v) is 2.87. The zero-order valence-corrected chi connectivity index (χ0v) is 8.10. The van der Waals surface area contributed by atoms with Gasteiger partial charge in [-0.25, -0.2) is 4.98 Å². The first-order chi connectivity index (χ1) is 7.33. The highest BCUT2D eigenvalue weighted by atomic mass is 16.5. The van der Waals surface area contributed by atoms with Crippen molar-refractivity contribution in [1.82, 2.24) is 4.98 Å². The third kappa shape index (κ3) is 1.81. The van der Waals surface area contributed by atoms with Crippen molar-refractivity contribution in [2.75, 3.05) is 7.11 Å². The zero-order valence-electron chi connectivity index (χ0n) is 8.10. The van der Waals surface area contributed by atoms with Gasteiger partial charge in [-0.05, 0) is 12.1 Å². The summed E-state index contributed by atoms with van der Waals surface area (Å²) < 4.78 is 10.3. The molecule has 1 aromatic heterocycles. The Bertz CT molecular complexity index is 511. The molecule has 2 aromatic rings. The lowest BCUT2D eigenvalue weighted by Crippen LogP contribution is -1.82. The van der Waals surface area contributed by atoms with Crippen LogP contribution in [0.3, 0.4) is 0 Å². The van der Waals surface area contributed by atoms with Crippen LogP contribution in [0.2, 0.25) is 0 Å². The molecule has 0 amide bonds. The molecule has 0 bridgehead atoms. The topological polar surface area (TPSA) is 59.0 Å². The molecule has 0 spiro atoms. The van der Waals surface area contributed by atoms with Gasteiger partial charge in [0.05, 0.1) is 13.3 Å². The number of aromatic nitrogens is 1. The number of oxazole rings is 1. The van der Waals surface area contributed by atoms with Gasteiger partial charge < -0.3 is 9.15 Å². The van der Waals surface area contributed by atoms with Crippen molar-refractivity contribution in [1.29, 1.82) is 5.26 Å². The van der Waals surface area contributed by atoms with Crippen LogP contribution in [0.5, 0.6) is 5.75 Å². The number of hydrogen-bond acceptors (Lipinski definition) is 4. The van der Waals surface area contributed by atoms with Crippen LogP contribution >= 0.6 is 0 Å². The molecule has 0 atom stereocenters. The molecule has 0 aliphatic heterocycles. The third-order valence-electron chi connectivity index (χ3n) is 1.96. The minimum Gasteiger partial charge on any atom is -0.497 e. The van der Waals surface area contributed by atoms with E-state index in [1.165, 1.54) is 6.20 Å². The highest BCUT2D eigenvalue weighted by Gasteiger charge is 2.05. The lowest BCUT2D eigenvalue weighted by molar-refractivity contribution is 0.415. The number of methoxy groups -OCH3 is 1. The lowest BCUT2D eigenvalue weighted by atomic mass is 10.2. The van der Waals surface area contributed by atoms with Gasteiger partial charge in [-0.3, -0.25) is 0 Å². The van der Waals surface area contributed by atoms with E-state index in [2.05, 4.69) is 4.98 Å². The van der Waals surface area contributed by atoms with E-state index >= 15 is 0 Å². The third-order valence-corrected chi connectivity index (χ3v) is 1.96. The first-order valence-electron chi connectivity index (χ1n) is 4.34. The summed E-state index contributed by atoms with van der Waals surface area (Å²) in [4.78, 5) is 3.80. The Kier molecular flexibility index (Phi) is 2.38. The van der Waals surface area contributed by atoms with Crippen molar-refractivity contribution >= 4 is 0 Å². The van der Waals surface area contributed by atoms with Crippen molar-refractivity contribution in [3.05, 3.63) is 36.4 Å². The molecule has 1 aromatic carbocycles.